The standard InChI is InChI=1S/C12H7BrN4O2/c13-11-10-5-2-6-14-12(10)16(15-11)8-3-1-4-9(7-8)17(18)19/h1-7H. The number of halogens is 1. The molecule has 0 aliphatic heterocycles. The van der Waals surface area contributed by atoms with Crippen molar-refractivity contribution >= 4 is 32.7 Å². The van der Waals surface area contributed by atoms with E-state index in [0.717, 1.165) is 5.39 Å². The molecule has 0 saturated carbocycles. The van der Waals surface area contributed by atoms with Crippen molar-refractivity contribution in [3.05, 3.63) is 57.3 Å². The van der Waals surface area contributed by atoms with Gasteiger partial charge in [-0.25, -0.2) is 9.67 Å². The Morgan fingerprint density at radius 2 is 2.11 bits per heavy atom. The lowest BCUT2D eigenvalue weighted by molar-refractivity contribution is -0.384. The largest absolute Gasteiger partial charge is 0.271 e. The minimum absolute atomic E-state index is 0.0215. The van der Waals surface area contributed by atoms with E-state index in [0.29, 0.717) is 15.9 Å². The number of rotatable bonds is 2. The molecule has 0 bridgehead atoms. The number of fused-ring (bicyclic) bond motifs is 1. The summed E-state index contributed by atoms with van der Waals surface area (Å²) in [6.45, 7) is 0. The van der Waals surface area contributed by atoms with Crippen LogP contribution in [0.3, 0.4) is 0 Å². The normalized spacial score (nSPS) is 10.8. The maximum atomic E-state index is 10.8. The zero-order valence-electron chi connectivity index (χ0n) is 9.52. The molecule has 0 radical (unpaired) electrons. The number of hydrogen-bond acceptors (Lipinski definition) is 4. The zero-order valence-corrected chi connectivity index (χ0v) is 11.1. The Morgan fingerprint density at radius 1 is 1.26 bits per heavy atom. The summed E-state index contributed by atoms with van der Waals surface area (Å²) >= 11 is 3.36. The van der Waals surface area contributed by atoms with Gasteiger partial charge in [0, 0.05) is 18.3 Å². The van der Waals surface area contributed by atoms with Gasteiger partial charge in [0.05, 0.1) is 16.0 Å². The van der Waals surface area contributed by atoms with E-state index in [1.165, 1.54) is 12.1 Å². The Morgan fingerprint density at radius 3 is 2.89 bits per heavy atom. The van der Waals surface area contributed by atoms with Crippen LogP contribution in [-0.2, 0) is 0 Å². The molecule has 3 rings (SSSR count). The van der Waals surface area contributed by atoms with Crippen LogP contribution in [-0.4, -0.2) is 19.7 Å². The van der Waals surface area contributed by atoms with E-state index in [1.54, 1.807) is 23.0 Å². The average molecular weight is 319 g/mol. The number of non-ortho nitro benzene ring substituents is 1. The van der Waals surface area contributed by atoms with Gasteiger partial charge in [-0.1, -0.05) is 6.07 Å². The van der Waals surface area contributed by atoms with Crippen molar-refractivity contribution in [2.24, 2.45) is 0 Å². The molecular formula is C12H7BrN4O2. The quantitative estimate of drug-likeness (QED) is 0.537. The molecule has 0 aliphatic carbocycles. The second kappa shape index (κ2) is 4.43. The van der Waals surface area contributed by atoms with Crippen LogP contribution in [0.25, 0.3) is 16.7 Å². The molecule has 0 fully saturated rings. The van der Waals surface area contributed by atoms with Crippen LogP contribution < -0.4 is 0 Å². The van der Waals surface area contributed by atoms with Gasteiger partial charge >= 0.3 is 0 Å². The van der Waals surface area contributed by atoms with Crippen LogP contribution in [0.5, 0.6) is 0 Å². The maximum absolute atomic E-state index is 10.8. The van der Waals surface area contributed by atoms with Gasteiger partial charge in [0.2, 0.25) is 0 Å². The van der Waals surface area contributed by atoms with Crippen molar-refractivity contribution < 1.29 is 4.92 Å². The number of nitrogens with zero attached hydrogens (tertiary/aromatic N) is 4. The Balaban J connectivity index is 2.25. The molecule has 19 heavy (non-hydrogen) atoms. The first-order valence-corrected chi connectivity index (χ1v) is 6.20. The zero-order chi connectivity index (χ0) is 13.4. The summed E-state index contributed by atoms with van der Waals surface area (Å²) in [5.74, 6) is 0. The molecule has 0 spiro atoms. The van der Waals surface area contributed by atoms with Crippen molar-refractivity contribution in [2.75, 3.05) is 0 Å². The number of hydrogen-bond donors (Lipinski definition) is 0. The molecule has 0 saturated heterocycles. The number of pyridine rings is 1. The number of benzene rings is 1. The fourth-order valence-electron chi connectivity index (χ4n) is 1.83. The lowest BCUT2D eigenvalue weighted by Crippen LogP contribution is -1.98. The summed E-state index contributed by atoms with van der Waals surface area (Å²) in [7, 11) is 0. The number of nitro benzene ring substituents is 1. The summed E-state index contributed by atoms with van der Waals surface area (Å²) in [5, 5.41) is 16.0. The highest BCUT2D eigenvalue weighted by atomic mass is 79.9. The highest BCUT2D eigenvalue weighted by Crippen LogP contribution is 2.25. The summed E-state index contributed by atoms with van der Waals surface area (Å²) in [5.41, 5.74) is 1.27. The van der Waals surface area contributed by atoms with Crippen molar-refractivity contribution in [3.63, 3.8) is 0 Å². The van der Waals surface area contributed by atoms with Gasteiger partial charge in [-0.05, 0) is 34.1 Å². The summed E-state index contributed by atoms with van der Waals surface area (Å²) < 4.78 is 2.23. The first kappa shape index (κ1) is 11.8. The Labute approximate surface area is 116 Å². The van der Waals surface area contributed by atoms with Gasteiger partial charge < -0.3 is 0 Å². The van der Waals surface area contributed by atoms with Crippen molar-refractivity contribution in [1.29, 1.82) is 0 Å². The van der Waals surface area contributed by atoms with Gasteiger partial charge in [-0.2, -0.15) is 5.10 Å². The summed E-state index contributed by atoms with van der Waals surface area (Å²) in [6, 6.07) is 9.98. The molecule has 0 N–H and O–H groups in total. The highest BCUT2D eigenvalue weighted by molar-refractivity contribution is 9.10. The van der Waals surface area contributed by atoms with Crippen LogP contribution >= 0.6 is 15.9 Å². The van der Waals surface area contributed by atoms with Gasteiger partial charge in [-0.15, -0.1) is 0 Å². The minimum atomic E-state index is -0.433. The molecule has 1 aromatic carbocycles. The van der Waals surface area contributed by atoms with Crippen LogP contribution in [0, 0.1) is 10.1 Å². The first-order valence-electron chi connectivity index (χ1n) is 5.41. The lowest BCUT2D eigenvalue weighted by atomic mass is 10.3. The SMILES string of the molecule is O=[N+]([O-])c1cccc(-n2nc(Br)c3cccnc32)c1. The van der Waals surface area contributed by atoms with Gasteiger partial charge in [0.25, 0.3) is 5.69 Å². The molecule has 94 valence electrons. The molecule has 0 amide bonds. The van der Waals surface area contributed by atoms with E-state index in [4.69, 9.17) is 0 Å². The molecule has 3 aromatic rings. The third kappa shape index (κ3) is 1.97. The first-order chi connectivity index (χ1) is 9.16. The predicted molar refractivity (Wildman–Crippen MR) is 73.2 cm³/mol. The van der Waals surface area contributed by atoms with Crippen molar-refractivity contribution in [2.45, 2.75) is 0 Å². The summed E-state index contributed by atoms with van der Waals surface area (Å²) in [6.07, 6.45) is 1.66. The smallest absolute Gasteiger partial charge is 0.258 e. The predicted octanol–water partition coefficient (Wildman–Crippen LogP) is 3.09. The molecule has 0 atom stereocenters. The summed E-state index contributed by atoms with van der Waals surface area (Å²) in [4.78, 5) is 14.6. The Kier molecular flexibility index (Phi) is 2.75. The van der Waals surface area contributed by atoms with E-state index < -0.39 is 4.92 Å². The third-order valence-corrected chi connectivity index (χ3v) is 3.27. The molecular weight excluding hydrogens is 312 g/mol. The minimum Gasteiger partial charge on any atom is -0.258 e. The van der Waals surface area contributed by atoms with Gasteiger partial charge in [-0.3, -0.25) is 10.1 Å². The van der Waals surface area contributed by atoms with E-state index in [2.05, 4.69) is 26.0 Å². The Bertz CT molecular complexity index is 784. The molecule has 7 heteroatoms. The topological polar surface area (TPSA) is 73.8 Å². The highest BCUT2D eigenvalue weighted by Gasteiger charge is 2.13. The van der Waals surface area contributed by atoms with E-state index in [9.17, 15) is 10.1 Å². The van der Waals surface area contributed by atoms with Gasteiger partial charge in [0.1, 0.15) is 4.60 Å². The van der Waals surface area contributed by atoms with Crippen LogP contribution in [0.4, 0.5) is 5.69 Å². The van der Waals surface area contributed by atoms with E-state index in [-0.39, 0.29) is 5.69 Å². The van der Waals surface area contributed by atoms with Crippen molar-refractivity contribution in [3.8, 4) is 5.69 Å². The second-order valence-electron chi connectivity index (χ2n) is 3.85. The Hall–Kier alpha value is -2.28. The van der Waals surface area contributed by atoms with E-state index in [1.807, 2.05) is 12.1 Å². The average Bonchev–Trinajstić information content (AvgIpc) is 2.77. The third-order valence-electron chi connectivity index (χ3n) is 2.68. The molecule has 2 aromatic heterocycles. The fourth-order valence-corrected chi connectivity index (χ4v) is 2.30. The van der Waals surface area contributed by atoms with Gasteiger partial charge in [0.15, 0.2) is 5.65 Å². The maximum Gasteiger partial charge on any atom is 0.271 e. The van der Waals surface area contributed by atoms with E-state index >= 15 is 0 Å². The molecule has 0 aliphatic rings. The molecule has 0 unspecified atom stereocenters. The molecule has 6 nitrogen and oxygen atoms in total. The lowest BCUT2D eigenvalue weighted by Gasteiger charge is -2.01. The molecule has 2 heterocycles. The second-order valence-corrected chi connectivity index (χ2v) is 4.61. The van der Waals surface area contributed by atoms with Crippen LogP contribution in [0.15, 0.2) is 47.2 Å². The van der Waals surface area contributed by atoms with Crippen LogP contribution in [0.1, 0.15) is 0 Å². The number of aromatic nitrogens is 3. The van der Waals surface area contributed by atoms with Crippen LogP contribution in [0.2, 0.25) is 0 Å². The van der Waals surface area contributed by atoms with Crippen molar-refractivity contribution in [1.82, 2.24) is 14.8 Å². The number of nitro groups is 1. The fraction of sp³-hybridized carbons (Fsp3) is 0. The monoisotopic (exact) mass is 318 g/mol.